The molecule has 190 valence electrons. The lowest BCUT2D eigenvalue weighted by Gasteiger charge is -2.42. The molecule has 0 bridgehead atoms. The van der Waals surface area contributed by atoms with E-state index in [-0.39, 0.29) is 5.60 Å². The van der Waals surface area contributed by atoms with Crippen LogP contribution in [0.2, 0.25) is 0 Å². The highest BCUT2D eigenvalue weighted by Crippen LogP contribution is 2.42. The van der Waals surface area contributed by atoms with Crippen molar-refractivity contribution < 1.29 is 37.3 Å². The number of aliphatic carboxylic acids is 1. The average molecular weight is 487 g/mol. The molecule has 3 fully saturated rings. The molecule has 1 amide bonds. The third-order valence-corrected chi connectivity index (χ3v) is 7.10. The van der Waals surface area contributed by atoms with Gasteiger partial charge in [-0.2, -0.15) is 13.2 Å². The molecule has 0 radical (unpaired) electrons. The van der Waals surface area contributed by atoms with Gasteiger partial charge >= 0.3 is 12.1 Å². The SMILES string of the molecule is O=C(CC1CCCC1)N1CCC2(CC1)OCCC2CCOc1ccccn1.O=C(O)C(F)(F)F. The van der Waals surface area contributed by atoms with Crippen molar-refractivity contribution in [3.05, 3.63) is 24.4 Å². The number of amides is 1. The van der Waals surface area contributed by atoms with Crippen LogP contribution >= 0.6 is 0 Å². The van der Waals surface area contributed by atoms with Crippen LogP contribution < -0.4 is 4.74 Å². The Balaban J connectivity index is 0.000000406. The first-order valence-electron chi connectivity index (χ1n) is 12.0. The first kappa shape index (κ1) is 26.2. The van der Waals surface area contributed by atoms with Crippen molar-refractivity contribution in [1.82, 2.24) is 9.88 Å². The van der Waals surface area contributed by atoms with Gasteiger partial charge in [0.05, 0.1) is 12.2 Å². The normalized spacial score (nSPS) is 22.3. The van der Waals surface area contributed by atoms with Crippen molar-refractivity contribution in [3.63, 3.8) is 0 Å². The maximum atomic E-state index is 12.6. The Labute approximate surface area is 197 Å². The number of alkyl halides is 3. The molecular weight excluding hydrogens is 453 g/mol. The lowest BCUT2D eigenvalue weighted by molar-refractivity contribution is -0.192. The van der Waals surface area contributed by atoms with Crippen LogP contribution in [0.3, 0.4) is 0 Å². The minimum atomic E-state index is -5.08. The van der Waals surface area contributed by atoms with Crippen LogP contribution in [0.15, 0.2) is 24.4 Å². The zero-order valence-electron chi connectivity index (χ0n) is 19.3. The number of halogens is 3. The molecule has 4 rings (SSSR count). The molecule has 1 aliphatic carbocycles. The summed E-state index contributed by atoms with van der Waals surface area (Å²) in [5.74, 6) is -0.545. The topological polar surface area (TPSA) is 89.0 Å². The number of hydrogen-bond acceptors (Lipinski definition) is 5. The number of aromatic nitrogens is 1. The molecule has 1 atom stereocenters. The van der Waals surface area contributed by atoms with E-state index in [2.05, 4.69) is 9.88 Å². The van der Waals surface area contributed by atoms with Crippen molar-refractivity contribution >= 4 is 11.9 Å². The third kappa shape index (κ3) is 7.32. The van der Waals surface area contributed by atoms with Gasteiger partial charge in [-0.15, -0.1) is 0 Å². The summed E-state index contributed by atoms with van der Waals surface area (Å²) in [6.07, 6.45) is 6.55. The zero-order valence-corrected chi connectivity index (χ0v) is 19.3. The van der Waals surface area contributed by atoms with Crippen LogP contribution in [0.1, 0.15) is 57.8 Å². The maximum Gasteiger partial charge on any atom is 0.490 e. The second kappa shape index (κ2) is 11.9. The highest BCUT2D eigenvalue weighted by atomic mass is 19.4. The lowest BCUT2D eigenvalue weighted by atomic mass is 9.78. The number of carbonyl (C=O) groups excluding carboxylic acids is 1. The molecule has 1 spiro atoms. The van der Waals surface area contributed by atoms with Crippen LogP contribution in [0.5, 0.6) is 5.88 Å². The predicted octanol–water partition coefficient (Wildman–Crippen LogP) is 4.46. The molecule has 0 aromatic carbocycles. The number of piperidine rings is 1. The average Bonchev–Trinajstić information content (AvgIpc) is 3.45. The Morgan fingerprint density at radius 1 is 1.18 bits per heavy atom. The Morgan fingerprint density at radius 2 is 1.85 bits per heavy atom. The Bertz CT molecular complexity index is 792. The van der Waals surface area contributed by atoms with Gasteiger partial charge < -0.3 is 19.5 Å². The van der Waals surface area contributed by atoms with E-state index in [1.54, 1.807) is 6.20 Å². The molecule has 1 saturated carbocycles. The van der Waals surface area contributed by atoms with Crippen LogP contribution in [-0.2, 0) is 14.3 Å². The van der Waals surface area contributed by atoms with Gasteiger partial charge in [-0.3, -0.25) is 4.79 Å². The number of pyridine rings is 1. The van der Waals surface area contributed by atoms with Gasteiger partial charge in [0.2, 0.25) is 11.8 Å². The van der Waals surface area contributed by atoms with E-state index in [1.165, 1.54) is 25.7 Å². The molecule has 1 unspecified atom stereocenters. The van der Waals surface area contributed by atoms with Crippen molar-refractivity contribution in [1.29, 1.82) is 0 Å². The predicted molar refractivity (Wildman–Crippen MR) is 117 cm³/mol. The van der Waals surface area contributed by atoms with Crippen molar-refractivity contribution in [3.8, 4) is 5.88 Å². The molecule has 2 aliphatic heterocycles. The summed E-state index contributed by atoms with van der Waals surface area (Å²) in [5, 5.41) is 7.12. The molecule has 1 aromatic rings. The number of rotatable bonds is 6. The molecule has 3 heterocycles. The summed E-state index contributed by atoms with van der Waals surface area (Å²) in [5.41, 5.74) is -0.0440. The number of ether oxygens (including phenoxy) is 2. The van der Waals surface area contributed by atoms with Crippen molar-refractivity contribution in [2.24, 2.45) is 11.8 Å². The van der Waals surface area contributed by atoms with E-state index in [0.717, 1.165) is 51.8 Å². The highest BCUT2D eigenvalue weighted by Gasteiger charge is 2.46. The fourth-order valence-corrected chi connectivity index (χ4v) is 5.21. The summed E-state index contributed by atoms with van der Waals surface area (Å²) >= 11 is 0. The van der Waals surface area contributed by atoms with E-state index in [1.807, 2.05) is 18.2 Å². The van der Waals surface area contributed by atoms with Gasteiger partial charge in [0.25, 0.3) is 0 Å². The number of nitrogens with zero attached hydrogens (tertiary/aromatic N) is 2. The second-order valence-electron chi connectivity index (χ2n) is 9.24. The summed E-state index contributed by atoms with van der Waals surface area (Å²) < 4.78 is 43.8. The number of carboxylic acid groups (broad SMARTS) is 1. The van der Waals surface area contributed by atoms with Crippen LogP contribution in [-0.4, -0.2) is 64.9 Å². The van der Waals surface area contributed by atoms with Crippen LogP contribution in [0.25, 0.3) is 0 Å². The number of likely N-dealkylation sites (tertiary alicyclic amines) is 1. The van der Waals surface area contributed by atoms with Crippen LogP contribution in [0.4, 0.5) is 13.2 Å². The van der Waals surface area contributed by atoms with Crippen LogP contribution in [0, 0.1) is 11.8 Å². The molecule has 1 N–H and O–H groups in total. The van der Waals surface area contributed by atoms with Gasteiger partial charge in [0, 0.05) is 38.4 Å². The maximum absolute atomic E-state index is 12.6. The summed E-state index contributed by atoms with van der Waals surface area (Å²) in [6, 6.07) is 5.74. The Kier molecular flexibility index (Phi) is 9.16. The largest absolute Gasteiger partial charge is 0.490 e. The monoisotopic (exact) mass is 486 g/mol. The van der Waals surface area contributed by atoms with Gasteiger partial charge in [0.1, 0.15) is 0 Å². The number of carbonyl (C=O) groups is 2. The second-order valence-corrected chi connectivity index (χ2v) is 9.24. The standard InChI is InChI=1S/C22H32N2O3.C2HF3O2/c25-21(17-18-5-1-2-6-18)24-13-10-22(11-14-24)19(9-16-27-22)8-15-26-20-7-3-4-12-23-20;3-2(4,5)1(6)7/h3-4,7,12,18-19H,1-2,5-6,8-11,13-17H2;(H,6,7). The molecular formula is C24H33F3N2O5. The quantitative estimate of drug-likeness (QED) is 0.639. The summed E-state index contributed by atoms with van der Waals surface area (Å²) in [4.78, 5) is 27.8. The van der Waals surface area contributed by atoms with E-state index in [0.29, 0.717) is 30.2 Å². The summed E-state index contributed by atoms with van der Waals surface area (Å²) in [6.45, 7) is 3.22. The van der Waals surface area contributed by atoms with E-state index in [9.17, 15) is 18.0 Å². The minimum Gasteiger partial charge on any atom is -0.478 e. The van der Waals surface area contributed by atoms with E-state index >= 15 is 0 Å². The molecule has 34 heavy (non-hydrogen) atoms. The zero-order chi connectivity index (χ0) is 24.6. The van der Waals surface area contributed by atoms with Crippen molar-refractivity contribution in [2.75, 3.05) is 26.3 Å². The Morgan fingerprint density at radius 3 is 2.44 bits per heavy atom. The number of carboxylic acids is 1. The Hall–Kier alpha value is -2.36. The van der Waals surface area contributed by atoms with Gasteiger partial charge in [0.15, 0.2) is 0 Å². The molecule has 7 nitrogen and oxygen atoms in total. The summed E-state index contributed by atoms with van der Waals surface area (Å²) in [7, 11) is 0. The number of hydrogen-bond donors (Lipinski definition) is 1. The smallest absolute Gasteiger partial charge is 0.478 e. The van der Waals surface area contributed by atoms with Gasteiger partial charge in [-0.1, -0.05) is 18.9 Å². The van der Waals surface area contributed by atoms with Gasteiger partial charge in [-0.25, -0.2) is 9.78 Å². The molecule has 1 aromatic heterocycles. The highest BCUT2D eigenvalue weighted by molar-refractivity contribution is 5.76. The fourth-order valence-electron chi connectivity index (χ4n) is 5.21. The van der Waals surface area contributed by atoms with E-state index in [4.69, 9.17) is 19.4 Å². The molecule has 3 aliphatic rings. The fraction of sp³-hybridized carbons (Fsp3) is 0.708. The molecule has 10 heteroatoms. The van der Waals surface area contributed by atoms with E-state index < -0.39 is 12.1 Å². The minimum absolute atomic E-state index is 0.0440. The third-order valence-electron chi connectivity index (χ3n) is 7.10. The van der Waals surface area contributed by atoms with Crippen molar-refractivity contribution in [2.45, 2.75) is 69.6 Å². The molecule has 2 saturated heterocycles. The van der Waals surface area contributed by atoms with Gasteiger partial charge in [-0.05, 0) is 56.4 Å². The first-order valence-corrected chi connectivity index (χ1v) is 12.0. The first-order chi connectivity index (χ1) is 16.2. The lowest BCUT2D eigenvalue weighted by Crippen LogP contribution is -2.49.